The van der Waals surface area contributed by atoms with Crippen LogP contribution in [0.25, 0.3) is 10.9 Å². The first-order valence-electron chi connectivity index (χ1n) is 6.78. The number of hydrogen-bond acceptors (Lipinski definition) is 3. The lowest BCUT2D eigenvalue weighted by molar-refractivity contribution is -0.144. The Bertz CT molecular complexity index is 603. The van der Waals surface area contributed by atoms with Crippen molar-refractivity contribution in [2.75, 3.05) is 19.7 Å². The van der Waals surface area contributed by atoms with Gasteiger partial charge in [0.15, 0.2) is 0 Å². The van der Waals surface area contributed by atoms with E-state index in [9.17, 15) is 4.79 Å². The quantitative estimate of drug-likeness (QED) is 0.810. The van der Waals surface area contributed by atoms with E-state index in [4.69, 9.17) is 4.74 Å². The van der Waals surface area contributed by atoms with Gasteiger partial charge in [0.25, 0.3) is 0 Å². The molecule has 0 radical (unpaired) electrons. The van der Waals surface area contributed by atoms with Crippen LogP contribution in [0.5, 0.6) is 0 Å². The number of carbonyl (C=O) groups is 1. The van der Waals surface area contributed by atoms with E-state index in [0.717, 1.165) is 24.2 Å². The van der Waals surface area contributed by atoms with E-state index >= 15 is 0 Å². The largest absolute Gasteiger partial charge is 0.465 e. The first kappa shape index (κ1) is 12.2. The van der Waals surface area contributed by atoms with Gasteiger partial charge in [-0.2, -0.15) is 0 Å². The Morgan fingerprint density at radius 3 is 3.11 bits per heavy atom. The number of fused-ring (bicyclic) bond motifs is 3. The number of aromatic amines is 1. The average Bonchev–Trinajstić information content (AvgIpc) is 2.64. The predicted octanol–water partition coefficient (Wildman–Crippen LogP) is 1.96. The van der Waals surface area contributed by atoms with Crippen LogP contribution in [0.1, 0.15) is 24.1 Å². The highest BCUT2D eigenvalue weighted by molar-refractivity contribution is 5.88. The SMILES string of the molecule is CCOC(=O)C1CNCCc2c1[nH]c1ccccc21. The highest BCUT2D eigenvalue weighted by atomic mass is 16.5. The lowest BCUT2D eigenvalue weighted by Crippen LogP contribution is -2.27. The maximum absolute atomic E-state index is 12.1. The molecule has 0 saturated carbocycles. The molecular formula is C15H18N2O2. The highest BCUT2D eigenvalue weighted by Gasteiger charge is 2.28. The van der Waals surface area contributed by atoms with Crippen molar-refractivity contribution in [2.24, 2.45) is 0 Å². The Labute approximate surface area is 112 Å². The average molecular weight is 258 g/mol. The molecular weight excluding hydrogens is 240 g/mol. The van der Waals surface area contributed by atoms with Crippen LogP contribution in [0.2, 0.25) is 0 Å². The predicted molar refractivity (Wildman–Crippen MR) is 74.2 cm³/mol. The van der Waals surface area contributed by atoms with Crippen LogP contribution in [0.4, 0.5) is 0 Å². The van der Waals surface area contributed by atoms with Gasteiger partial charge in [-0.3, -0.25) is 4.79 Å². The molecule has 2 heterocycles. The summed E-state index contributed by atoms with van der Waals surface area (Å²) in [6, 6.07) is 8.21. The molecule has 1 aromatic heterocycles. The molecule has 2 aromatic rings. The molecule has 0 aliphatic carbocycles. The summed E-state index contributed by atoms with van der Waals surface area (Å²) in [6.07, 6.45) is 0.940. The van der Waals surface area contributed by atoms with Crippen molar-refractivity contribution >= 4 is 16.9 Å². The van der Waals surface area contributed by atoms with E-state index in [0.29, 0.717) is 13.2 Å². The molecule has 1 aliphatic heterocycles. The standard InChI is InChI=1S/C15H18N2O2/c1-2-19-15(18)12-9-16-8-7-11-10-5-3-4-6-13(10)17-14(11)12/h3-6,12,16-17H,2,7-9H2,1H3. The first-order valence-corrected chi connectivity index (χ1v) is 6.78. The van der Waals surface area contributed by atoms with Crippen LogP contribution in [0, 0.1) is 0 Å². The van der Waals surface area contributed by atoms with Gasteiger partial charge in [0.2, 0.25) is 0 Å². The lowest BCUT2D eigenvalue weighted by Gasteiger charge is -2.13. The van der Waals surface area contributed by atoms with Gasteiger partial charge in [-0.1, -0.05) is 18.2 Å². The molecule has 19 heavy (non-hydrogen) atoms. The van der Waals surface area contributed by atoms with Gasteiger partial charge < -0.3 is 15.0 Å². The number of rotatable bonds is 2. The van der Waals surface area contributed by atoms with Crippen LogP contribution in [0.15, 0.2) is 24.3 Å². The maximum Gasteiger partial charge on any atom is 0.316 e. The van der Waals surface area contributed by atoms with Gasteiger partial charge >= 0.3 is 5.97 Å². The van der Waals surface area contributed by atoms with Gasteiger partial charge in [-0.15, -0.1) is 0 Å². The zero-order chi connectivity index (χ0) is 13.2. The van der Waals surface area contributed by atoms with Gasteiger partial charge in [0.1, 0.15) is 5.92 Å². The molecule has 0 bridgehead atoms. The minimum atomic E-state index is -0.232. The van der Waals surface area contributed by atoms with Crippen LogP contribution >= 0.6 is 0 Å². The Morgan fingerprint density at radius 1 is 1.42 bits per heavy atom. The lowest BCUT2D eigenvalue weighted by atomic mass is 10.00. The second kappa shape index (κ2) is 5.05. The summed E-state index contributed by atoms with van der Waals surface area (Å²) in [5.41, 5.74) is 3.37. The summed E-state index contributed by atoms with van der Waals surface area (Å²) in [6.45, 7) is 3.79. The van der Waals surface area contributed by atoms with Crippen LogP contribution in [-0.2, 0) is 16.0 Å². The third kappa shape index (κ3) is 2.12. The summed E-state index contributed by atoms with van der Waals surface area (Å²) in [4.78, 5) is 15.5. The fourth-order valence-electron chi connectivity index (χ4n) is 2.79. The monoisotopic (exact) mass is 258 g/mol. The number of esters is 1. The molecule has 1 atom stereocenters. The van der Waals surface area contributed by atoms with Crippen LogP contribution in [-0.4, -0.2) is 30.6 Å². The molecule has 0 amide bonds. The zero-order valence-electron chi connectivity index (χ0n) is 11.0. The Balaban J connectivity index is 2.09. The van der Waals surface area contributed by atoms with Crippen molar-refractivity contribution in [2.45, 2.75) is 19.3 Å². The number of H-pyrrole nitrogens is 1. The third-order valence-corrected chi connectivity index (χ3v) is 3.67. The van der Waals surface area contributed by atoms with Crippen molar-refractivity contribution in [3.8, 4) is 0 Å². The van der Waals surface area contributed by atoms with E-state index in [1.54, 1.807) is 0 Å². The van der Waals surface area contributed by atoms with E-state index in [1.807, 2.05) is 19.1 Å². The molecule has 4 heteroatoms. The molecule has 0 spiro atoms. The Morgan fingerprint density at radius 2 is 2.26 bits per heavy atom. The molecule has 0 fully saturated rings. The number of aromatic nitrogens is 1. The summed E-state index contributed by atoms with van der Waals surface area (Å²) in [7, 11) is 0. The summed E-state index contributed by atoms with van der Waals surface area (Å²) in [5, 5.41) is 4.53. The van der Waals surface area contributed by atoms with Gasteiger partial charge in [-0.25, -0.2) is 0 Å². The number of nitrogens with one attached hydrogen (secondary N) is 2. The second-order valence-corrected chi connectivity index (χ2v) is 4.82. The van der Waals surface area contributed by atoms with Crippen molar-refractivity contribution in [3.05, 3.63) is 35.5 Å². The summed E-state index contributed by atoms with van der Waals surface area (Å²) < 4.78 is 5.19. The Kier molecular flexibility index (Phi) is 3.25. The third-order valence-electron chi connectivity index (χ3n) is 3.67. The number of carbonyl (C=O) groups excluding carboxylic acids is 1. The zero-order valence-corrected chi connectivity index (χ0v) is 11.0. The number of para-hydroxylation sites is 1. The molecule has 1 unspecified atom stereocenters. The first-order chi connectivity index (χ1) is 9.31. The van der Waals surface area contributed by atoms with E-state index in [1.165, 1.54) is 10.9 Å². The van der Waals surface area contributed by atoms with E-state index in [-0.39, 0.29) is 11.9 Å². The fraction of sp³-hybridized carbons (Fsp3) is 0.400. The molecule has 100 valence electrons. The van der Waals surface area contributed by atoms with Crippen molar-refractivity contribution in [1.29, 1.82) is 0 Å². The van der Waals surface area contributed by atoms with E-state index in [2.05, 4.69) is 22.4 Å². The van der Waals surface area contributed by atoms with Crippen LogP contribution < -0.4 is 5.32 Å². The van der Waals surface area contributed by atoms with Crippen molar-refractivity contribution in [3.63, 3.8) is 0 Å². The minimum Gasteiger partial charge on any atom is -0.465 e. The molecule has 0 saturated heterocycles. The second-order valence-electron chi connectivity index (χ2n) is 4.82. The van der Waals surface area contributed by atoms with Crippen molar-refractivity contribution in [1.82, 2.24) is 10.3 Å². The number of benzene rings is 1. The maximum atomic E-state index is 12.1. The number of ether oxygens (including phenoxy) is 1. The van der Waals surface area contributed by atoms with E-state index < -0.39 is 0 Å². The summed E-state index contributed by atoms with van der Waals surface area (Å²) in [5.74, 6) is -0.380. The molecule has 3 rings (SSSR count). The molecule has 2 N–H and O–H groups in total. The van der Waals surface area contributed by atoms with Gasteiger partial charge in [0, 0.05) is 23.1 Å². The molecule has 1 aliphatic rings. The normalized spacial score (nSPS) is 18.9. The topological polar surface area (TPSA) is 54.1 Å². The van der Waals surface area contributed by atoms with Crippen molar-refractivity contribution < 1.29 is 9.53 Å². The van der Waals surface area contributed by atoms with Crippen LogP contribution in [0.3, 0.4) is 0 Å². The molecule has 4 nitrogen and oxygen atoms in total. The Hall–Kier alpha value is -1.81. The fourth-order valence-corrected chi connectivity index (χ4v) is 2.79. The van der Waals surface area contributed by atoms with Gasteiger partial charge in [0.05, 0.1) is 6.61 Å². The highest BCUT2D eigenvalue weighted by Crippen LogP contribution is 2.30. The minimum absolute atomic E-state index is 0.148. The van der Waals surface area contributed by atoms with Gasteiger partial charge in [-0.05, 0) is 31.5 Å². The molecule has 1 aromatic carbocycles. The number of hydrogen-bond donors (Lipinski definition) is 2. The smallest absolute Gasteiger partial charge is 0.316 e. The summed E-state index contributed by atoms with van der Waals surface area (Å²) >= 11 is 0.